The van der Waals surface area contributed by atoms with Crippen LogP contribution in [0.1, 0.15) is 53.4 Å². The Labute approximate surface area is 154 Å². The predicted molar refractivity (Wildman–Crippen MR) is 102 cm³/mol. The standard InChI is InChI=1S/C19H37NO4Si/c1-13(24-25(7,8)18(2,3)4)15-16(20-17(15)21)14-9-11-19(22-5,23-6)12-10-14/h13-16H,9-12H2,1-8H3,(H,20,21)/t13-,15?,16?/m1/s1. The van der Waals surface area contributed by atoms with Crippen molar-refractivity contribution in [2.24, 2.45) is 11.8 Å². The lowest BCUT2D eigenvalue weighted by atomic mass is 9.71. The maximum absolute atomic E-state index is 12.3. The molecule has 3 atom stereocenters. The van der Waals surface area contributed by atoms with Gasteiger partial charge in [0.15, 0.2) is 14.1 Å². The number of carbonyl (C=O) groups excluding carboxylic acids is 1. The summed E-state index contributed by atoms with van der Waals surface area (Å²) in [7, 11) is 1.55. The van der Waals surface area contributed by atoms with E-state index in [9.17, 15) is 4.79 Å². The van der Waals surface area contributed by atoms with Crippen molar-refractivity contribution in [2.75, 3.05) is 14.2 Å². The third kappa shape index (κ3) is 4.12. The van der Waals surface area contributed by atoms with Gasteiger partial charge in [0.05, 0.1) is 12.0 Å². The molecule has 2 fully saturated rings. The fraction of sp³-hybridized carbons (Fsp3) is 0.947. The molecule has 1 aliphatic heterocycles. The number of ether oxygens (including phenoxy) is 2. The summed E-state index contributed by atoms with van der Waals surface area (Å²) in [5.74, 6) is 0.151. The van der Waals surface area contributed by atoms with Crippen LogP contribution in [0.2, 0.25) is 18.1 Å². The molecule has 1 N–H and O–H groups in total. The summed E-state index contributed by atoms with van der Waals surface area (Å²) in [5.41, 5.74) is 0. The predicted octanol–water partition coefficient (Wildman–Crippen LogP) is 3.69. The molecule has 1 saturated carbocycles. The quantitative estimate of drug-likeness (QED) is 0.439. The minimum absolute atomic E-state index is 0.0308. The maximum Gasteiger partial charge on any atom is 0.228 e. The first-order valence-electron chi connectivity index (χ1n) is 9.55. The van der Waals surface area contributed by atoms with Gasteiger partial charge in [0, 0.05) is 33.1 Å². The Morgan fingerprint density at radius 3 is 2.08 bits per heavy atom. The van der Waals surface area contributed by atoms with Crippen LogP contribution in [0.4, 0.5) is 0 Å². The Hall–Kier alpha value is -0.433. The molecular formula is C19H37NO4Si. The minimum atomic E-state index is -1.88. The van der Waals surface area contributed by atoms with Crippen molar-refractivity contribution < 1.29 is 18.7 Å². The van der Waals surface area contributed by atoms with Crippen LogP contribution in [-0.2, 0) is 18.7 Å². The summed E-state index contributed by atoms with van der Waals surface area (Å²) in [6.07, 6.45) is 3.74. The van der Waals surface area contributed by atoms with Crippen molar-refractivity contribution in [3.63, 3.8) is 0 Å². The molecule has 1 aliphatic carbocycles. The highest BCUT2D eigenvalue weighted by Crippen LogP contribution is 2.43. The van der Waals surface area contributed by atoms with Crippen molar-refractivity contribution >= 4 is 14.2 Å². The molecule has 0 spiro atoms. The van der Waals surface area contributed by atoms with E-state index >= 15 is 0 Å². The van der Waals surface area contributed by atoms with Crippen molar-refractivity contribution in [2.45, 2.75) is 89.4 Å². The summed E-state index contributed by atoms with van der Waals surface area (Å²) >= 11 is 0. The van der Waals surface area contributed by atoms with E-state index in [0.29, 0.717) is 5.92 Å². The fourth-order valence-electron chi connectivity index (χ4n) is 3.98. The zero-order valence-corrected chi connectivity index (χ0v) is 18.3. The topological polar surface area (TPSA) is 56.8 Å². The third-order valence-electron chi connectivity index (χ3n) is 6.83. The first-order valence-corrected chi connectivity index (χ1v) is 12.5. The molecular weight excluding hydrogens is 334 g/mol. The molecule has 0 radical (unpaired) electrons. The molecule has 1 amide bonds. The van der Waals surface area contributed by atoms with E-state index in [1.807, 2.05) is 0 Å². The average Bonchev–Trinajstić information content (AvgIpc) is 2.51. The number of carbonyl (C=O) groups is 1. The second kappa shape index (κ2) is 7.29. The molecule has 2 rings (SSSR count). The van der Waals surface area contributed by atoms with E-state index in [-0.39, 0.29) is 29.0 Å². The monoisotopic (exact) mass is 371 g/mol. The van der Waals surface area contributed by atoms with Crippen LogP contribution >= 0.6 is 0 Å². The van der Waals surface area contributed by atoms with Crippen molar-refractivity contribution in [3.05, 3.63) is 0 Å². The number of nitrogens with one attached hydrogen (secondary N) is 1. The molecule has 1 heterocycles. The summed E-state index contributed by atoms with van der Waals surface area (Å²) in [6, 6.07) is 0.221. The van der Waals surface area contributed by atoms with Gasteiger partial charge in [-0.25, -0.2) is 0 Å². The van der Waals surface area contributed by atoms with Gasteiger partial charge in [-0.3, -0.25) is 4.79 Å². The highest BCUT2D eigenvalue weighted by molar-refractivity contribution is 6.74. The molecule has 146 valence electrons. The number of rotatable bonds is 6. The van der Waals surface area contributed by atoms with Gasteiger partial charge >= 0.3 is 0 Å². The van der Waals surface area contributed by atoms with Gasteiger partial charge in [-0.1, -0.05) is 20.8 Å². The van der Waals surface area contributed by atoms with Crippen LogP contribution in [0.25, 0.3) is 0 Å². The number of hydrogen-bond acceptors (Lipinski definition) is 4. The Bertz CT molecular complexity index is 474. The SMILES string of the molecule is COC1(OC)CCC(C2NC(=O)C2[C@@H](C)O[Si](C)(C)C(C)(C)C)CC1. The van der Waals surface area contributed by atoms with Gasteiger partial charge < -0.3 is 19.2 Å². The summed E-state index contributed by atoms with van der Waals surface area (Å²) < 4.78 is 17.7. The first kappa shape index (κ1) is 20.9. The first-order chi connectivity index (χ1) is 11.5. The van der Waals surface area contributed by atoms with Crippen molar-refractivity contribution in [3.8, 4) is 0 Å². The molecule has 5 nitrogen and oxygen atoms in total. The fourth-order valence-corrected chi connectivity index (χ4v) is 5.41. The molecule has 0 bridgehead atoms. The van der Waals surface area contributed by atoms with Crippen LogP contribution < -0.4 is 5.32 Å². The largest absolute Gasteiger partial charge is 0.413 e. The van der Waals surface area contributed by atoms with E-state index in [4.69, 9.17) is 13.9 Å². The maximum atomic E-state index is 12.3. The van der Waals surface area contributed by atoms with Gasteiger partial charge in [0.25, 0.3) is 0 Å². The van der Waals surface area contributed by atoms with Crippen LogP contribution in [0.5, 0.6) is 0 Å². The number of hydrogen-bond donors (Lipinski definition) is 1. The zero-order chi connectivity index (χ0) is 19.0. The molecule has 2 aliphatic rings. The van der Waals surface area contributed by atoms with Crippen LogP contribution in [0.3, 0.4) is 0 Å². The van der Waals surface area contributed by atoms with E-state index in [1.165, 1.54) is 0 Å². The van der Waals surface area contributed by atoms with Crippen LogP contribution in [-0.4, -0.2) is 46.4 Å². The molecule has 25 heavy (non-hydrogen) atoms. The van der Waals surface area contributed by atoms with Gasteiger partial charge in [-0.05, 0) is 43.8 Å². The Morgan fingerprint density at radius 2 is 1.68 bits per heavy atom. The zero-order valence-electron chi connectivity index (χ0n) is 17.3. The second-order valence-electron chi connectivity index (χ2n) is 9.30. The lowest BCUT2D eigenvalue weighted by Gasteiger charge is -2.50. The Balaban J connectivity index is 1.99. The van der Waals surface area contributed by atoms with Crippen LogP contribution in [0.15, 0.2) is 0 Å². The van der Waals surface area contributed by atoms with Crippen molar-refractivity contribution in [1.29, 1.82) is 0 Å². The van der Waals surface area contributed by atoms with Crippen molar-refractivity contribution in [1.82, 2.24) is 5.32 Å². The summed E-state index contributed by atoms with van der Waals surface area (Å²) in [5, 5.41) is 3.30. The van der Waals surface area contributed by atoms with Gasteiger partial charge in [-0.2, -0.15) is 0 Å². The molecule has 6 heteroatoms. The van der Waals surface area contributed by atoms with Gasteiger partial charge in [0.1, 0.15) is 0 Å². The summed E-state index contributed by atoms with van der Waals surface area (Å²) in [6.45, 7) is 13.3. The normalized spacial score (nSPS) is 29.0. The summed E-state index contributed by atoms with van der Waals surface area (Å²) in [4.78, 5) is 12.3. The lowest BCUT2D eigenvalue weighted by Crippen LogP contribution is -2.66. The van der Waals surface area contributed by atoms with Gasteiger partial charge in [0.2, 0.25) is 5.91 Å². The molecule has 0 aromatic rings. The highest BCUT2D eigenvalue weighted by Gasteiger charge is 2.51. The smallest absolute Gasteiger partial charge is 0.228 e. The Kier molecular flexibility index (Phi) is 6.09. The number of β-lactam (4-membered cyclic amide) rings is 1. The minimum Gasteiger partial charge on any atom is -0.413 e. The van der Waals surface area contributed by atoms with E-state index in [1.54, 1.807) is 14.2 Å². The highest BCUT2D eigenvalue weighted by atomic mass is 28.4. The second-order valence-corrected chi connectivity index (χ2v) is 14.1. The van der Waals surface area contributed by atoms with E-state index in [0.717, 1.165) is 25.7 Å². The van der Waals surface area contributed by atoms with Gasteiger partial charge in [-0.15, -0.1) is 0 Å². The molecule has 0 aromatic carbocycles. The van der Waals surface area contributed by atoms with E-state index in [2.05, 4.69) is 46.1 Å². The molecule has 1 saturated heterocycles. The molecule has 0 aromatic heterocycles. The molecule has 2 unspecified atom stereocenters. The third-order valence-corrected chi connectivity index (χ3v) is 11.4. The number of methoxy groups -OCH3 is 2. The Morgan fingerprint density at radius 1 is 1.16 bits per heavy atom. The average molecular weight is 372 g/mol. The van der Waals surface area contributed by atoms with E-state index < -0.39 is 14.1 Å². The van der Waals surface area contributed by atoms with Crippen LogP contribution in [0, 0.1) is 11.8 Å². The lowest BCUT2D eigenvalue weighted by molar-refractivity contribution is -0.229. The number of amides is 1.